The maximum Gasteiger partial charge on any atom is 0.226 e. The van der Waals surface area contributed by atoms with Crippen LogP contribution in [-0.2, 0) is 0 Å². The van der Waals surface area contributed by atoms with Crippen LogP contribution in [0.1, 0.15) is 5.69 Å². The average Bonchev–Trinajstić information content (AvgIpc) is 2.89. The Hall–Kier alpha value is -1.67. The number of anilines is 1. The summed E-state index contributed by atoms with van der Waals surface area (Å²) in [6, 6.07) is 3.69. The van der Waals surface area contributed by atoms with Gasteiger partial charge in [-0.05, 0) is 17.9 Å². The maximum absolute atomic E-state index is 8.80. The number of nitrogens with one attached hydrogen (secondary N) is 1. The number of nitriles is 1. The van der Waals surface area contributed by atoms with Crippen LogP contribution in [0.2, 0.25) is 0 Å². The van der Waals surface area contributed by atoms with E-state index in [1.165, 1.54) is 0 Å². The minimum absolute atomic E-state index is 0.445. The Morgan fingerprint density at radius 1 is 1.38 bits per heavy atom. The molecule has 0 saturated carbocycles. The lowest BCUT2D eigenvalue weighted by Crippen LogP contribution is -2.27. The van der Waals surface area contributed by atoms with Crippen LogP contribution in [0.5, 0.6) is 0 Å². The van der Waals surface area contributed by atoms with E-state index in [-0.39, 0.29) is 0 Å². The summed E-state index contributed by atoms with van der Waals surface area (Å²) in [5.41, 5.74) is 0.445. The van der Waals surface area contributed by atoms with E-state index in [0.717, 1.165) is 26.2 Å². The van der Waals surface area contributed by atoms with Crippen LogP contribution in [0, 0.1) is 23.2 Å². The second kappa shape index (κ2) is 3.72. The Bertz CT molecular complexity index is 426. The van der Waals surface area contributed by atoms with E-state index < -0.39 is 0 Å². The molecular weight excluding hydrogens is 202 g/mol. The summed E-state index contributed by atoms with van der Waals surface area (Å²) in [5, 5.41) is 12.2. The molecule has 1 aromatic rings. The van der Waals surface area contributed by atoms with Crippen molar-refractivity contribution < 1.29 is 0 Å². The van der Waals surface area contributed by atoms with E-state index in [0.29, 0.717) is 23.5 Å². The molecule has 0 bridgehead atoms. The van der Waals surface area contributed by atoms with E-state index in [4.69, 9.17) is 5.26 Å². The summed E-state index contributed by atoms with van der Waals surface area (Å²) in [4.78, 5) is 10.7. The molecule has 0 spiro atoms. The van der Waals surface area contributed by atoms with Crippen LogP contribution in [0.4, 0.5) is 5.95 Å². The van der Waals surface area contributed by atoms with Gasteiger partial charge in [-0.2, -0.15) is 5.26 Å². The second-order valence-corrected chi connectivity index (χ2v) is 4.44. The van der Waals surface area contributed by atoms with Crippen molar-refractivity contribution in [3.8, 4) is 6.07 Å². The standard InChI is InChI=1S/C11H13N5/c12-3-10-1-2-14-11(15-10)16-6-8-4-13-5-9(8)7-16/h1-2,8-9,13H,4-7H2. The fourth-order valence-corrected chi connectivity index (χ4v) is 2.58. The predicted molar refractivity (Wildman–Crippen MR) is 58.8 cm³/mol. The molecule has 0 radical (unpaired) electrons. The monoisotopic (exact) mass is 215 g/mol. The van der Waals surface area contributed by atoms with Crippen molar-refractivity contribution in [2.45, 2.75) is 0 Å². The highest BCUT2D eigenvalue weighted by Gasteiger charge is 2.36. The van der Waals surface area contributed by atoms with Gasteiger partial charge in [-0.3, -0.25) is 0 Å². The lowest BCUT2D eigenvalue weighted by Gasteiger charge is -2.16. The molecule has 0 aromatic carbocycles. The van der Waals surface area contributed by atoms with Gasteiger partial charge in [0, 0.05) is 32.4 Å². The van der Waals surface area contributed by atoms with Gasteiger partial charge in [0.05, 0.1) is 0 Å². The van der Waals surface area contributed by atoms with E-state index in [1.807, 2.05) is 0 Å². The Morgan fingerprint density at radius 3 is 2.81 bits per heavy atom. The minimum Gasteiger partial charge on any atom is -0.340 e. The molecule has 2 fully saturated rings. The van der Waals surface area contributed by atoms with Gasteiger partial charge < -0.3 is 10.2 Å². The van der Waals surface area contributed by atoms with Crippen LogP contribution >= 0.6 is 0 Å². The third-order valence-electron chi connectivity index (χ3n) is 3.43. The highest BCUT2D eigenvalue weighted by molar-refractivity contribution is 5.35. The van der Waals surface area contributed by atoms with E-state index in [1.54, 1.807) is 12.3 Å². The maximum atomic E-state index is 8.80. The van der Waals surface area contributed by atoms with Crippen molar-refractivity contribution >= 4 is 5.95 Å². The predicted octanol–water partition coefficient (Wildman–Crippen LogP) is 0.00388. The van der Waals surface area contributed by atoms with Gasteiger partial charge in [0.2, 0.25) is 5.95 Å². The fraction of sp³-hybridized carbons (Fsp3) is 0.545. The molecule has 2 saturated heterocycles. The first-order chi connectivity index (χ1) is 7.86. The molecule has 3 heterocycles. The zero-order chi connectivity index (χ0) is 11.0. The zero-order valence-electron chi connectivity index (χ0n) is 8.93. The number of hydrogen-bond donors (Lipinski definition) is 1. The number of rotatable bonds is 1. The van der Waals surface area contributed by atoms with Crippen LogP contribution in [0.3, 0.4) is 0 Å². The van der Waals surface area contributed by atoms with Crippen LogP contribution in [0.25, 0.3) is 0 Å². The van der Waals surface area contributed by atoms with Crippen LogP contribution in [0.15, 0.2) is 12.3 Å². The van der Waals surface area contributed by atoms with E-state index in [9.17, 15) is 0 Å². The van der Waals surface area contributed by atoms with Gasteiger partial charge >= 0.3 is 0 Å². The van der Waals surface area contributed by atoms with Crippen LogP contribution in [-0.4, -0.2) is 36.1 Å². The fourth-order valence-electron chi connectivity index (χ4n) is 2.58. The first kappa shape index (κ1) is 9.55. The third kappa shape index (κ3) is 1.51. The molecule has 5 nitrogen and oxygen atoms in total. The summed E-state index contributed by atoms with van der Waals surface area (Å²) in [6.07, 6.45) is 1.66. The number of hydrogen-bond acceptors (Lipinski definition) is 5. The molecular formula is C11H13N5. The van der Waals surface area contributed by atoms with Crippen molar-refractivity contribution in [3.63, 3.8) is 0 Å². The van der Waals surface area contributed by atoms with Crippen molar-refractivity contribution in [3.05, 3.63) is 18.0 Å². The van der Waals surface area contributed by atoms with E-state index >= 15 is 0 Å². The molecule has 0 aliphatic carbocycles. The molecule has 5 heteroatoms. The molecule has 1 aromatic heterocycles. The lowest BCUT2D eigenvalue weighted by atomic mass is 10.0. The Kier molecular flexibility index (Phi) is 2.22. The highest BCUT2D eigenvalue weighted by atomic mass is 15.3. The van der Waals surface area contributed by atoms with Crippen LogP contribution < -0.4 is 10.2 Å². The summed E-state index contributed by atoms with van der Waals surface area (Å²) in [6.45, 7) is 4.21. The third-order valence-corrected chi connectivity index (χ3v) is 3.43. The topological polar surface area (TPSA) is 64.8 Å². The molecule has 3 rings (SSSR count). The lowest BCUT2D eigenvalue weighted by molar-refractivity contribution is 0.533. The summed E-state index contributed by atoms with van der Waals surface area (Å²) >= 11 is 0. The molecule has 2 atom stereocenters. The van der Waals surface area contributed by atoms with Crippen molar-refractivity contribution in [1.29, 1.82) is 5.26 Å². The molecule has 1 N–H and O–H groups in total. The smallest absolute Gasteiger partial charge is 0.226 e. The van der Waals surface area contributed by atoms with Crippen molar-refractivity contribution in [1.82, 2.24) is 15.3 Å². The molecule has 2 aliphatic rings. The highest BCUT2D eigenvalue weighted by Crippen LogP contribution is 2.28. The Balaban J connectivity index is 1.81. The first-order valence-electron chi connectivity index (χ1n) is 5.55. The number of aromatic nitrogens is 2. The average molecular weight is 215 g/mol. The van der Waals surface area contributed by atoms with Gasteiger partial charge in [0.25, 0.3) is 0 Å². The number of fused-ring (bicyclic) bond motifs is 1. The molecule has 82 valence electrons. The van der Waals surface area contributed by atoms with Gasteiger partial charge in [0.1, 0.15) is 11.8 Å². The van der Waals surface area contributed by atoms with E-state index in [2.05, 4.69) is 26.3 Å². The van der Waals surface area contributed by atoms with Crippen molar-refractivity contribution in [2.24, 2.45) is 11.8 Å². The Labute approximate surface area is 94.1 Å². The Morgan fingerprint density at radius 2 is 2.12 bits per heavy atom. The zero-order valence-corrected chi connectivity index (χ0v) is 8.93. The van der Waals surface area contributed by atoms with Gasteiger partial charge in [0.15, 0.2) is 0 Å². The summed E-state index contributed by atoms with van der Waals surface area (Å²) < 4.78 is 0. The molecule has 2 aliphatic heterocycles. The second-order valence-electron chi connectivity index (χ2n) is 4.44. The van der Waals surface area contributed by atoms with Gasteiger partial charge in [-0.15, -0.1) is 0 Å². The normalized spacial score (nSPS) is 27.8. The summed E-state index contributed by atoms with van der Waals surface area (Å²) in [7, 11) is 0. The summed E-state index contributed by atoms with van der Waals surface area (Å²) in [5.74, 6) is 2.14. The number of nitrogens with zero attached hydrogens (tertiary/aromatic N) is 4. The van der Waals surface area contributed by atoms with Gasteiger partial charge in [-0.25, -0.2) is 9.97 Å². The largest absolute Gasteiger partial charge is 0.340 e. The first-order valence-corrected chi connectivity index (χ1v) is 5.55. The minimum atomic E-state index is 0.445. The van der Waals surface area contributed by atoms with Gasteiger partial charge in [-0.1, -0.05) is 0 Å². The SMILES string of the molecule is N#Cc1ccnc(N2CC3CNCC3C2)n1. The molecule has 0 amide bonds. The quantitative estimate of drug-likeness (QED) is 0.714. The molecule has 16 heavy (non-hydrogen) atoms. The molecule has 2 unspecified atom stereocenters. The van der Waals surface area contributed by atoms with Crippen molar-refractivity contribution in [2.75, 3.05) is 31.1 Å².